The molecule has 4 heterocycles. The van der Waals surface area contributed by atoms with Gasteiger partial charge in [-0.25, -0.2) is 9.50 Å². The third kappa shape index (κ3) is 4.69. The van der Waals surface area contributed by atoms with E-state index < -0.39 is 17.8 Å². The van der Waals surface area contributed by atoms with Crippen LogP contribution in [0.2, 0.25) is 0 Å². The molecule has 1 amide bonds. The Bertz CT molecular complexity index is 1620. The second-order valence-electron chi connectivity index (χ2n) is 8.50. The number of carbonyl (C=O) groups is 1. The molecular formula is C25H23F3N8O2. The van der Waals surface area contributed by atoms with Gasteiger partial charge in [0.05, 0.1) is 43.6 Å². The van der Waals surface area contributed by atoms with Crippen molar-refractivity contribution in [2.75, 3.05) is 12.4 Å². The smallest absolute Gasteiger partial charge is 0.433 e. The number of nitrogens with one attached hydrogen (secondary N) is 1. The zero-order valence-corrected chi connectivity index (χ0v) is 20.7. The van der Waals surface area contributed by atoms with Gasteiger partial charge in [-0.2, -0.15) is 28.5 Å². The summed E-state index contributed by atoms with van der Waals surface area (Å²) in [5.74, 6) is -0.118. The largest absolute Gasteiger partial charge is 0.497 e. The van der Waals surface area contributed by atoms with E-state index in [0.29, 0.717) is 28.1 Å². The second kappa shape index (κ2) is 9.65. The molecule has 1 aromatic carbocycles. The van der Waals surface area contributed by atoms with E-state index >= 15 is 0 Å². The number of halogens is 3. The topological polar surface area (TPSA) is 104 Å². The predicted octanol–water partition coefficient (Wildman–Crippen LogP) is 4.45. The van der Waals surface area contributed by atoms with E-state index in [2.05, 4.69) is 25.6 Å². The van der Waals surface area contributed by atoms with Crippen molar-refractivity contribution in [3.05, 3.63) is 77.6 Å². The standard InChI is InChI=1S/C25H23F3N8O2/c1-4-35-15(2)17(10-30-35)13-34-14-18(11-29-34)32-24(37)20-12-31-36-22(25(26,27)28)9-21(33-23(20)36)16-5-7-19(38-3)8-6-16/h5-12,14H,4,13H2,1-3H3,(H,32,37). The Hall–Kier alpha value is -4.68. The Morgan fingerprint density at radius 3 is 2.50 bits per heavy atom. The lowest BCUT2D eigenvalue weighted by atomic mass is 10.1. The molecule has 0 fully saturated rings. The summed E-state index contributed by atoms with van der Waals surface area (Å²) < 4.78 is 50.9. The van der Waals surface area contributed by atoms with Gasteiger partial charge < -0.3 is 10.1 Å². The lowest BCUT2D eigenvalue weighted by Gasteiger charge is -2.12. The maximum atomic E-state index is 13.9. The normalized spacial score (nSPS) is 11.7. The minimum absolute atomic E-state index is 0.0397. The number of nitrogens with zero attached hydrogens (tertiary/aromatic N) is 7. The summed E-state index contributed by atoms with van der Waals surface area (Å²) in [5.41, 5.74) is 1.44. The number of anilines is 1. The van der Waals surface area contributed by atoms with Crippen molar-refractivity contribution >= 4 is 17.2 Å². The number of benzene rings is 1. The molecule has 4 aromatic heterocycles. The highest BCUT2D eigenvalue weighted by atomic mass is 19.4. The predicted molar refractivity (Wildman–Crippen MR) is 132 cm³/mol. The fraction of sp³-hybridized carbons (Fsp3) is 0.240. The molecule has 0 saturated carbocycles. The first kappa shape index (κ1) is 25.0. The minimum atomic E-state index is -4.73. The van der Waals surface area contributed by atoms with E-state index in [0.717, 1.165) is 30.1 Å². The minimum Gasteiger partial charge on any atom is -0.497 e. The van der Waals surface area contributed by atoms with Gasteiger partial charge in [0.25, 0.3) is 5.91 Å². The van der Waals surface area contributed by atoms with Crippen LogP contribution in [-0.4, -0.2) is 47.2 Å². The van der Waals surface area contributed by atoms with Crippen molar-refractivity contribution in [2.24, 2.45) is 0 Å². The SMILES string of the molecule is CCn1ncc(Cn2cc(NC(=O)c3cnn4c(C(F)(F)F)cc(-c5ccc(OC)cc5)nc34)cn2)c1C. The molecule has 0 spiro atoms. The molecule has 38 heavy (non-hydrogen) atoms. The Kier molecular flexibility index (Phi) is 6.35. The number of hydrogen-bond acceptors (Lipinski definition) is 6. The lowest BCUT2D eigenvalue weighted by molar-refractivity contribution is -0.142. The van der Waals surface area contributed by atoms with E-state index in [4.69, 9.17) is 4.74 Å². The van der Waals surface area contributed by atoms with Gasteiger partial charge in [0.15, 0.2) is 11.3 Å². The number of amides is 1. The summed E-state index contributed by atoms with van der Waals surface area (Å²) >= 11 is 0. The number of aryl methyl sites for hydroxylation is 1. The highest BCUT2D eigenvalue weighted by Crippen LogP contribution is 2.33. The van der Waals surface area contributed by atoms with Crippen LogP contribution in [0.5, 0.6) is 5.75 Å². The first-order valence-electron chi connectivity index (χ1n) is 11.6. The quantitative estimate of drug-likeness (QED) is 0.338. The average molecular weight is 525 g/mol. The summed E-state index contributed by atoms with van der Waals surface area (Å²) in [6.45, 7) is 5.15. The number of ether oxygens (including phenoxy) is 1. The van der Waals surface area contributed by atoms with E-state index in [1.54, 1.807) is 41.3 Å². The number of methoxy groups -OCH3 is 1. The van der Waals surface area contributed by atoms with E-state index in [9.17, 15) is 18.0 Å². The average Bonchev–Trinajstić information content (AvgIpc) is 3.62. The molecule has 0 radical (unpaired) electrons. The van der Waals surface area contributed by atoms with Crippen LogP contribution in [0.15, 0.2) is 55.1 Å². The van der Waals surface area contributed by atoms with Crippen LogP contribution in [0.4, 0.5) is 18.9 Å². The number of carbonyl (C=O) groups excluding carboxylic acids is 1. The van der Waals surface area contributed by atoms with Crippen LogP contribution in [0.25, 0.3) is 16.9 Å². The molecule has 13 heteroatoms. The summed E-state index contributed by atoms with van der Waals surface area (Å²) in [6.07, 6.45) is 1.19. The molecule has 10 nitrogen and oxygen atoms in total. The molecule has 0 aliphatic heterocycles. The molecule has 0 bridgehead atoms. The molecular weight excluding hydrogens is 501 g/mol. The summed E-state index contributed by atoms with van der Waals surface area (Å²) in [4.78, 5) is 17.4. The summed E-state index contributed by atoms with van der Waals surface area (Å²) in [6, 6.07) is 7.31. The molecule has 0 saturated heterocycles. The fourth-order valence-electron chi connectivity index (χ4n) is 4.08. The van der Waals surface area contributed by atoms with Gasteiger partial charge in [-0.15, -0.1) is 0 Å². The summed E-state index contributed by atoms with van der Waals surface area (Å²) in [7, 11) is 1.49. The molecule has 1 N–H and O–H groups in total. The van der Waals surface area contributed by atoms with Gasteiger partial charge in [-0.1, -0.05) is 0 Å². The van der Waals surface area contributed by atoms with Gasteiger partial charge in [0.2, 0.25) is 0 Å². The maximum Gasteiger partial charge on any atom is 0.433 e. The van der Waals surface area contributed by atoms with Crippen LogP contribution >= 0.6 is 0 Å². The molecule has 196 valence electrons. The molecule has 0 unspecified atom stereocenters. The van der Waals surface area contributed by atoms with Gasteiger partial charge in [-0.3, -0.25) is 14.2 Å². The van der Waals surface area contributed by atoms with Crippen molar-refractivity contribution in [3.8, 4) is 17.0 Å². The molecule has 5 rings (SSSR count). The van der Waals surface area contributed by atoms with E-state index in [-0.39, 0.29) is 16.9 Å². The van der Waals surface area contributed by atoms with Crippen LogP contribution < -0.4 is 10.1 Å². The van der Waals surface area contributed by atoms with Gasteiger partial charge in [0, 0.05) is 29.6 Å². The highest BCUT2D eigenvalue weighted by molar-refractivity contribution is 6.08. The third-order valence-corrected chi connectivity index (χ3v) is 6.12. The third-order valence-electron chi connectivity index (χ3n) is 6.12. The van der Waals surface area contributed by atoms with Gasteiger partial charge >= 0.3 is 6.18 Å². The Morgan fingerprint density at radius 2 is 1.84 bits per heavy atom. The number of fused-ring (bicyclic) bond motifs is 1. The number of alkyl halides is 3. The van der Waals surface area contributed by atoms with Crippen molar-refractivity contribution in [3.63, 3.8) is 0 Å². The monoisotopic (exact) mass is 524 g/mol. The highest BCUT2D eigenvalue weighted by Gasteiger charge is 2.36. The molecule has 0 atom stereocenters. The Balaban J connectivity index is 1.45. The van der Waals surface area contributed by atoms with E-state index in [1.807, 2.05) is 18.5 Å². The van der Waals surface area contributed by atoms with Gasteiger partial charge in [0.1, 0.15) is 11.3 Å². The van der Waals surface area contributed by atoms with Gasteiger partial charge in [-0.05, 0) is 44.2 Å². The van der Waals surface area contributed by atoms with Crippen molar-refractivity contribution in [1.82, 2.24) is 34.2 Å². The van der Waals surface area contributed by atoms with Crippen molar-refractivity contribution < 1.29 is 22.7 Å². The maximum absolute atomic E-state index is 13.9. The molecule has 0 aliphatic rings. The summed E-state index contributed by atoms with van der Waals surface area (Å²) in [5, 5.41) is 15.1. The van der Waals surface area contributed by atoms with Crippen molar-refractivity contribution in [2.45, 2.75) is 33.1 Å². The number of aromatic nitrogens is 7. The number of hydrogen-bond donors (Lipinski definition) is 1. The van der Waals surface area contributed by atoms with Crippen LogP contribution in [-0.2, 0) is 19.3 Å². The first-order valence-corrected chi connectivity index (χ1v) is 11.6. The van der Waals surface area contributed by atoms with Crippen LogP contribution in [0, 0.1) is 6.92 Å². The first-order chi connectivity index (χ1) is 18.2. The zero-order chi connectivity index (χ0) is 27.0. The van der Waals surface area contributed by atoms with Crippen molar-refractivity contribution in [1.29, 1.82) is 0 Å². The molecule has 5 aromatic rings. The van der Waals surface area contributed by atoms with Crippen LogP contribution in [0.3, 0.4) is 0 Å². The lowest BCUT2D eigenvalue weighted by Crippen LogP contribution is -2.15. The van der Waals surface area contributed by atoms with E-state index in [1.165, 1.54) is 13.3 Å². The Morgan fingerprint density at radius 1 is 1.08 bits per heavy atom. The Labute approximate surface area is 214 Å². The molecule has 0 aliphatic carbocycles. The zero-order valence-electron chi connectivity index (χ0n) is 20.7. The number of rotatable bonds is 7. The van der Waals surface area contributed by atoms with Crippen LogP contribution in [0.1, 0.15) is 34.2 Å². The fourth-order valence-corrected chi connectivity index (χ4v) is 4.08. The second-order valence-corrected chi connectivity index (χ2v) is 8.50.